The monoisotopic (exact) mass is 409 g/mol. The average Bonchev–Trinajstić information content (AvgIpc) is 3.17. The minimum atomic E-state index is -0.0171. The van der Waals surface area contributed by atoms with Crippen molar-refractivity contribution in [3.8, 4) is 0 Å². The molecule has 0 atom stereocenters. The Hall–Kier alpha value is -2.77. The molecule has 0 radical (unpaired) electrons. The number of piperazine rings is 1. The van der Waals surface area contributed by atoms with Crippen LogP contribution in [0, 0.1) is 6.92 Å². The molecule has 150 valence electrons. The van der Waals surface area contributed by atoms with Crippen molar-refractivity contribution in [2.24, 2.45) is 0 Å². The fourth-order valence-corrected chi connectivity index (χ4v) is 4.64. The zero-order valence-corrected chi connectivity index (χ0v) is 17.7. The van der Waals surface area contributed by atoms with E-state index in [0.29, 0.717) is 0 Å². The van der Waals surface area contributed by atoms with E-state index >= 15 is 0 Å². The molecule has 29 heavy (non-hydrogen) atoms. The number of rotatable bonds is 5. The van der Waals surface area contributed by atoms with Gasteiger partial charge < -0.3 is 4.90 Å². The van der Waals surface area contributed by atoms with Crippen LogP contribution in [0.15, 0.2) is 54.0 Å². The number of benzene rings is 1. The van der Waals surface area contributed by atoms with E-state index in [1.54, 1.807) is 11.8 Å². The minimum Gasteiger partial charge on any atom is -0.323 e. The first-order chi connectivity index (χ1) is 14.1. The van der Waals surface area contributed by atoms with E-state index in [9.17, 15) is 4.79 Å². The number of hydrogen-bond donors (Lipinski definition) is 1. The van der Waals surface area contributed by atoms with E-state index in [1.807, 2.05) is 43.5 Å². The second-order valence-corrected chi connectivity index (χ2v) is 8.31. The summed E-state index contributed by atoms with van der Waals surface area (Å²) in [6, 6.07) is 14.2. The summed E-state index contributed by atoms with van der Waals surface area (Å²) in [6.07, 6.45) is 1.97. The highest BCUT2D eigenvalue weighted by Crippen LogP contribution is 2.29. The van der Waals surface area contributed by atoms with E-state index in [-0.39, 0.29) is 5.91 Å². The van der Waals surface area contributed by atoms with Crippen LogP contribution in [-0.4, -0.2) is 37.1 Å². The number of carbonyl (C=O) groups is 1. The Labute approximate surface area is 175 Å². The Bertz CT molecular complexity index is 966. The highest BCUT2D eigenvalue weighted by atomic mass is 32.1. The lowest BCUT2D eigenvalue weighted by molar-refractivity contribution is -0.914. The van der Waals surface area contributed by atoms with Gasteiger partial charge in [-0.2, -0.15) is 0 Å². The predicted octanol–water partition coefficient (Wildman–Crippen LogP) is 1.86. The average molecular weight is 410 g/mol. The van der Waals surface area contributed by atoms with Crippen LogP contribution in [0.5, 0.6) is 0 Å². The van der Waals surface area contributed by atoms with Crippen LogP contribution in [0.3, 0.4) is 0 Å². The zero-order chi connectivity index (χ0) is 20.2. The lowest BCUT2D eigenvalue weighted by Gasteiger charge is -2.27. The number of H-pyrrole nitrogens is 1. The molecule has 1 aliphatic heterocycles. The van der Waals surface area contributed by atoms with Crippen molar-refractivity contribution in [1.29, 1.82) is 0 Å². The third-order valence-electron chi connectivity index (χ3n) is 5.24. The van der Waals surface area contributed by atoms with E-state index in [4.69, 9.17) is 4.98 Å². The van der Waals surface area contributed by atoms with Crippen molar-refractivity contribution in [3.05, 3.63) is 65.3 Å². The van der Waals surface area contributed by atoms with Gasteiger partial charge in [-0.25, -0.2) is 9.97 Å². The van der Waals surface area contributed by atoms with Crippen LogP contribution >= 0.6 is 11.3 Å². The fraction of sp³-hybridized carbons (Fsp3) is 0.318. The number of aryl methyl sites for hydroxylation is 1. The molecule has 1 fully saturated rings. The van der Waals surface area contributed by atoms with Gasteiger partial charge in [-0.15, -0.1) is 11.3 Å². The van der Waals surface area contributed by atoms with E-state index in [2.05, 4.69) is 27.4 Å². The van der Waals surface area contributed by atoms with Crippen LogP contribution in [0.25, 0.3) is 0 Å². The molecule has 7 heteroatoms. The molecule has 3 heterocycles. The first kappa shape index (κ1) is 19.5. The van der Waals surface area contributed by atoms with Crippen molar-refractivity contribution in [1.82, 2.24) is 4.98 Å². The summed E-state index contributed by atoms with van der Waals surface area (Å²) in [5, 5.41) is 2.83. The lowest BCUT2D eigenvalue weighted by atomic mass is 10.2. The molecule has 1 aromatic carbocycles. The van der Waals surface area contributed by atoms with E-state index < -0.39 is 0 Å². The molecule has 0 aliphatic carbocycles. The summed E-state index contributed by atoms with van der Waals surface area (Å²) in [5.74, 6) is 1.16. The largest absolute Gasteiger partial charge is 0.323 e. The second-order valence-electron chi connectivity index (χ2n) is 7.48. The Morgan fingerprint density at radius 1 is 1.24 bits per heavy atom. The van der Waals surface area contributed by atoms with Gasteiger partial charge in [0.2, 0.25) is 5.91 Å². The molecule has 0 spiro atoms. The van der Waals surface area contributed by atoms with E-state index in [1.165, 1.54) is 22.1 Å². The topological polar surface area (TPSA) is 55.0 Å². The number of carbonyl (C=O) groups excluding carboxylic acids is 1. The van der Waals surface area contributed by atoms with Gasteiger partial charge in [0.25, 0.3) is 5.82 Å². The maximum Gasteiger partial charge on any atom is 0.274 e. The molecule has 2 aromatic heterocycles. The number of thiazole rings is 1. The molecule has 0 unspecified atom stereocenters. The Morgan fingerprint density at radius 2 is 2.07 bits per heavy atom. The lowest BCUT2D eigenvalue weighted by Crippen LogP contribution is -3.13. The van der Waals surface area contributed by atoms with Crippen molar-refractivity contribution in [2.75, 3.05) is 36.0 Å². The Morgan fingerprint density at radius 3 is 2.76 bits per heavy atom. The Balaban J connectivity index is 1.41. The van der Waals surface area contributed by atoms with Gasteiger partial charge in [-0.05, 0) is 30.7 Å². The van der Waals surface area contributed by atoms with Gasteiger partial charge in [-0.3, -0.25) is 14.6 Å². The third kappa shape index (κ3) is 4.63. The SMILES string of the molecule is CC(=O)N(c1cccc(C)c1)c1nc(C[NH+]2CCN(c3cccc[nH+]3)CC2)cs1. The third-order valence-corrected chi connectivity index (χ3v) is 6.12. The predicted molar refractivity (Wildman–Crippen MR) is 116 cm³/mol. The molecular weight excluding hydrogens is 382 g/mol. The van der Waals surface area contributed by atoms with Gasteiger partial charge in [-0.1, -0.05) is 18.2 Å². The number of quaternary nitrogens is 1. The molecule has 1 aliphatic rings. The van der Waals surface area contributed by atoms with Gasteiger partial charge in [0.15, 0.2) is 5.13 Å². The standard InChI is InChI=1S/C22H25N5OS/c1-17-6-5-7-20(14-17)27(18(2)28)22-24-19(16-29-22)15-25-10-12-26(13-11-25)21-8-3-4-9-23-21/h3-9,14,16H,10-13,15H2,1-2H3/p+2. The molecule has 2 N–H and O–H groups in total. The van der Waals surface area contributed by atoms with Crippen molar-refractivity contribution in [3.63, 3.8) is 0 Å². The summed E-state index contributed by atoms with van der Waals surface area (Å²) < 4.78 is 0. The molecule has 4 rings (SSSR count). The van der Waals surface area contributed by atoms with Crippen molar-refractivity contribution < 1.29 is 14.7 Å². The Kier molecular flexibility index (Phi) is 5.87. The summed E-state index contributed by atoms with van der Waals surface area (Å²) in [4.78, 5) is 26.0. The van der Waals surface area contributed by atoms with Crippen LogP contribution in [0.1, 0.15) is 18.2 Å². The summed E-state index contributed by atoms with van der Waals surface area (Å²) in [7, 11) is 0. The van der Waals surface area contributed by atoms with Gasteiger partial charge in [0.1, 0.15) is 38.4 Å². The van der Waals surface area contributed by atoms with Crippen LogP contribution < -0.4 is 19.7 Å². The maximum atomic E-state index is 12.3. The molecular formula is C22H27N5OS+2. The highest BCUT2D eigenvalue weighted by Gasteiger charge is 2.27. The van der Waals surface area contributed by atoms with Crippen LogP contribution in [-0.2, 0) is 11.3 Å². The van der Waals surface area contributed by atoms with Crippen LogP contribution in [0.2, 0.25) is 0 Å². The number of nitrogens with one attached hydrogen (secondary N) is 2. The second kappa shape index (κ2) is 8.71. The smallest absolute Gasteiger partial charge is 0.274 e. The summed E-state index contributed by atoms with van der Waals surface area (Å²) in [5.41, 5.74) is 3.06. The fourth-order valence-electron chi connectivity index (χ4n) is 3.75. The number of aromatic amines is 1. The zero-order valence-electron chi connectivity index (χ0n) is 16.9. The summed E-state index contributed by atoms with van der Waals surface area (Å²) in [6.45, 7) is 8.71. The van der Waals surface area contributed by atoms with Gasteiger partial charge in [0.05, 0.1) is 11.9 Å². The van der Waals surface area contributed by atoms with E-state index in [0.717, 1.165) is 54.8 Å². The number of anilines is 3. The van der Waals surface area contributed by atoms with Gasteiger partial charge >= 0.3 is 0 Å². The molecule has 0 saturated carbocycles. The first-order valence-electron chi connectivity index (χ1n) is 9.97. The number of amides is 1. The highest BCUT2D eigenvalue weighted by molar-refractivity contribution is 7.14. The molecule has 1 saturated heterocycles. The number of hydrogen-bond acceptors (Lipinski definition) is 4. The molecule has 6 nitrogen and oxygen atoms in total. The van der Waals surface area contributed by atoms with Crippen molar-refractivity contribution >= 4 is 33.9 Å². The number of pyridine rings is 1. The maximum absolute atomic E-state index is 12.3. The normalized spacial score (nSPS) is 14.8. The molecule has 1 amide bonds. The quantitative estimate of drug-likeness (QED) is 0.700. The number of aromatic nitrogens is 2. The number of nitrogens with zero attached hydrogens (tertiary/aromatic N) is 3. The van der Waals surface area contributed by atoms with Crippen molar-refractivity contribution in [2.45, 2.75) is 20.4 Å². The minimum absolute atomic E-state index is 0.0171. The summed E-state index contributed by atoms with van der Waals surface area (Å²) >= 11 is 1.54. The molecule has 3 aromatic rings. The van der Waals surface area contributed by atoms with Crippen LogP contribution in [0.4, 0.5) is 16.6 Å². The molecule has 0 bridgehead atoms. The first-order valence-corrected chi connectivity index (χ1v) is 10.8. The van der Waals surface area contributed by atoms with Gasteiger partial charge in [0, 0.05) is 18.4 Å².